The zero-order valence-corrected chi connectivity index (χ0v) is 9.05. The Kier molecular flexibility index (Phi) is 5.53. The highest BCUT2D eigenvalue weighted by Crippen LogP contribution is 2.15. The Labute approximate surface area is 98.3 Å². The highest BCUT2D eigenvalue weighted by Gasteiger charge is 2.41. The normalized spacial score (nSPS) is 14.5. The van der Waals surface area contributed by atoms with Crippen LogP contribution in [-0.4, -0.2) is 48.3 Å². The number of carboxylic acid groups (broad SMARTS) is 1. The number of carbonyl (C=O) groups is 3. The van der Waals surface area contributed by atoms with Gasteiger partial charge >= 0.3 is 18.1 Å². The fourth-order valence-electron chi connectivity index (χ4n) is 0.932. The Morgan fingerprint density at radius 3 is 2.11 bits per heavy atom. The van der Waals surface area contributed by atoms with Crippen molar-refractivity contribution in [1.82, 2.24) is 10.6 Å². The number of aliphatic carboxylic acids is 1. The molecular formula is C8H10F4N2O4. The zero-order chi connectivity index (χ0) is 14.5. The molecule has 0 bridgehead atoms. The molecule has 2 atom stereocenters. The molecule has 0 rings (SSSR count). The van der Waals surface area contributed by atoms with Crippen molar-refractivity contribution in [3.8, 4) is 0 Å². The van der Waals surface area contributed by atoms with Crippen LogP contribution in [0.15, 0.2) is 0 Å². The van der Waals surface area contributed by atoms with Gasteiger partial charge in [-0.3, -0.25) is 9.59 Å². The Bertz CT molecular complexity index is 344. The number of hydrogen-bond acceptors (Lipinski definition) is 3. The van der Waals surface area contributed by atoms with Crippen molar-refractivity contribution >= 4 is 17.8 Å². The molecule has 2 amide bonds. The van der Waals surface area contributed by atoms with Crippen molar-refractivity contribution < 1.29 is 37.1 Å². The van der Waals surface area contributed by atoms with E-state index in [1.54, 1.807) is 0 Å². The number of rotatable bonds is 5. The van der Waals surface area contributed by atoms with Gasteiger partial charge in [0.25, 0.3) is 5.91 Å². The lowest BCUT2D eigenvalue weighted by molar-refractivity contribution is -0.175. The quantitative estimate of drug-likeness (QED) is 0.594. The molecular weight excluding hydrogens is 264 g/mol. The number of carbonyl (C=O) groups excluding carboxylic acids is 2. The average molecular weight is 274 g/mol. The molecule has 3 N–H and O–H groups in total. The van der Waals surface area contributed by atoms with Crippen molar-refractivity contribution in [2.75, 3.05) is 7.05 Å². The van der Waals surface area contributed by atoms with Gasteiger partial charge in [-0.15, -0.1) is 0 Å². The van der Waals surface area contributed by atoms with Crippen LogP contribution in [0.1, 0.15) is 6.42 Å². The van der Waals surface area contributed by atoms with Gasteiger partial charge in [0.15, 0.2) is 6.17 Å². The minimum Gasteiger partial charge on any atom is -0.480 e. The molecule has 0 fully saturated rings. The highest BCUT2D eigenvalue weighted by atomic mass is 19.4. The molecule has 6 nitrogen and oxygen atoms in total. The Balaban J connectivity index is 4.65. The topological polar surface area (TPSA) is 95.5 Å². The first-order chi connectivity index (χ1) is 8.09. The Hall–Kier alpha value is -1.87. The van der Waals surface area contributed by atoms with Crippen LogP contribution >= 0.6 is 0 Å². The first kappa shape index (κ1) is 16.1. The fraction of sp³-hybridized carbons (Fsp3) is 0.625. The lowest BCUT2D eigenvalue weighted by Crippen LogP contribution is -2.49. The molecule has 0 aliphatic carbocycles. The third-order valence-electron chi connectivity index (χ3n) is 1.83. The first-order valence-electron chi connectivity index (χ1n) is 4.55. The summed E-state index contributed by atoms with van der Waals surface area (Å²) in [5.41, 5.74) is 0. The van der Waals surface area contributed by atoms with Crippen LogP contribution in [0.2, 0.25) is 0 Å². The molecule has 0 saturated heterocycles. The van der Waals surface area contributed by atoms with Crippen LogP contribution < -0.4 is 10.6 Å². The number of amides is 2. The number of halogens is 4. The van der Waals surface area contributed by atoms with Gasteiger partial charge < -0.3 is 15.7 Å². The van der Waals surface area contributed by atoms with Crippen LogP contribution in [-0.2, 0) is 14.4 Å². The number of carboxylic acids is 1. The molecule has 10 heteroatoms. The number of hydrogen-bond donors (Lipinski definition) is 3. The van der Waals surface area contributed by atoms with E-state index in [1.165, 1.54) is 0 Å². The fourth-order valence-corrected chi connectivity index (χ4v) is 0.932. The van der Waals surface area contributed by atoms with Crippen molar-refractivity contribution in [3.63, 3.8) is 0 Å². The maximum Gasteiger partial charge on any atom is 0.471 e. The van der Waals surface area contributed by atoms with E-state index in [4.69, 9.17) is 5.11 Å². The summed E-state index contributed by atoms with van der Waals surface area (Å²) in [7, 11) is 1.07. The van der Waals surface area contributed by atoms with E-state index in [0.717, 1.165) is 12.4 Å². The summed E-state index contributed by atoms with van der Waals surface area (Å²) in [4.78, 5) is 31.7. The average Bonchev–Trinajstić information content (AvgIpc) is 2.25. The van der Waals surface area contributed by atoms with E-state index < -0.39 is 42.6 Å². The molecule has 0 saturated carbocycles. The third kappa shape index (κ3) is 4.97. The summed E-state index contributed by atoms with van der Waals surface area (Å²) in [6, 6.07) is -2.15. The minimum atomic E-state index is -5.29. The van der Waals surface area contributed by atoms with Crippen LogP contribution in [0.25, 0.3) is 0 Å². The van der Waals surface area contributed by atoms with Crippen molar-refractivity contribution in [2.24, 2.45) is 0 Å². The Morgan fingerprint density at radius 1 is 1.28 bits per heavy atom. The van der Waals surface area contributed by atoms with Gasteiger partial charge in [0.05, 0.1) is 0 Å². The monoisotopic (exact) mass is 274 g/mol. The molecule has 0 heterocycles. The van der Waals surface area contributed by atoms with E-state index in [0.29, 0.717) is 0 Å². The SMILES string of the molecule is CNC(=O)[C@H](F)C[C@H](NC(=O)C(F)(F)F)C(=O)O. The predicted octanol–water partition coefficient (Wildman–Crippen LogP) is -0.408. The first-order valence-corrected chi connectivity index (χ1v) is 4.55. The molecule has 0 radical (unpaired) electrons. The second kappa shape index (κ2) is 6.17. The third-order valence-corrected chi connectivity index (χ3v) is 1.83. The van der Waals surface area contributed by atoms with Crippen molar-refractivity contribution in [3.05, 3.63) is 0 Å². The van der Waals surface area contributed by atoms with Crippen molar-refractivity contribution in [2.45, 2.75) is 24.8 Å². The van der Waals surface area contributed by atoms with Gasteiger partial charge in [-0.05, 0) is 0 Å². The summed E-state index contributed by atoms with van der Waals surface area (Å²) in [6.45, 7) is 0. The van der Waals surface area contributed by atoms with Gasteiger partial charge in [0.2, 0.25) is 0 Å². The Morgan fingerprint density at radius 2 is 1.78 bits per heavy atom. The summed E-state index contributed by atoms with van der Waals surface area (Å²) in [5, 5.41) is 11.4. The smallest absolute Gasteiger partial charge is 0.471 e. The molecule has 0 aliphatic rings. The van der Waals surface area contributed by atoms with E-state index in [-0.39, 0.29) is 0 Å². The largest absolute Gasteiger partial charge is 0.480 e. The highest BCUT2D eigenvalue weighted by molar-refractivity contribution is 5.88. The second-order valence-electron chi connectivity index (χ2n) is 3.18. The molecule has 0 aliphatic heterocycles. The van der Waals surface area contributed by atoms with Crippen LogP contribution in [0, 0.1) is 0 Å². The van der Waals surface area contributed by atoms with Crippen LogP contribution in [0.5, 0.6) is 0 Å². The minimum absolute atomic E-state index is 1.07. The maximum absolute atomic E-state index is 13.0. The van der Waals surface area contributed by atoms with Gasteiger partial charge in [-0.25, -0.2) is 9.18 Å². The molecule has 104 valence electrons. The molecule has 18 heavy (non-hydrogen) atoms. The van der Waals surface area contributed by atoms with Crippen LogP contribution in [0.3, 0.4) is 0 Å². The standard InChI is InChI=1S/C8H10F4N2O4/c1-13-5(15)3(9)2-4(6(16)17)14-7(18)8(10,11)12/h3-4H,2H2,1H3,(H,13,15)(H,14,18)(H,16,17)/t3-,4+/m1/s1. The van der Waals surface area contributed by atoms with Gasteiger partial charge in [0, 0.05) is 13.5 Å². The lowest BCUT2D eigenvalue weighted by Gasteiger charge is -2.17. The zero-order valence-electron chi connectivity index (χ0n) is 9.05. The van der Waals surface area contributed by atoms with Gasteiger partial charge in [0.1, 0.15) is 6.04 Å². The van der Waals surface area contributed by atoms with E-state index in [2.05, 4.69) is 0 Å². The van der Waals surface area contributed by atoms with Gasteiger partial charge in [-0.1, -0.05) is 0 Å². The van der Waals surface area contributed by atoms with E-state index in [1.807, 2.05) is 5.32 Å². The van der Waals surface area contributed by atoms with Crippen LogP contribution in [0.4, 0.5) is 17.6 Å². The van der Waals surface area contributed by atoms with E-state index >= 15 is 0 Å². The summed E-state index contributed by atoms with van der Waals surface area (Å²) in [5.74, 6) is -5.58. The van der Waals surface area contributed by atoms with Gasteiger partial charge in [-0.2, -0.15) is 13.2 Å². The molecule has 0 aromatic rings. The number of nitrogens with one attached hydrogen (secondary N) is 2. The summed E-state index contributed by atoms with van der Waals surface area (Å²) >= 11 is 0. The summed E-state index contributed by atoms with van der Waals surface area (Å²) in [6.07, 6.45) is -8.73. The summed E-state index contributed by atoms with van der Waals surface area (Å²) < 4.78 is 48.6. The van der Waals surface area contributed by atoms with E-state index in [9.17, 15) is 31.9 Å². The number of alkyl halides is 4. The molecule has 0 aromatic heterocycles. The lowest BCUT2D eigenvalue weighted by atomic mass is 10.1. The molecule has 0 spiro atoms. The van der Waals surface area contributed by atoms with Crippen molar-refractivity contribution in [1.29, 1.82) is 0 Å². The maximum atomic E-state index is 13.0. The second-order valence-corrected chi connectivity index (χ2v) is 3.18. The molecule has 0 unspecified atom stereocenters. The molecule has 0 aromatic carbocycles. The predicted molar refractivity (Wildman–Crippen MR) is 49.2 cm³/mol.